The lowest BCUT2D eigenvalue weighted by Gasteiger charge is -2.04. The van der Waals surface area contributed by atoms with Crippen molar-refractivity contribution in [2.24, 2.45) is 12.8 Å². The molecule has 20 heavy (non-hydrogen) atoms. The number of furan rings is 1. The van der Waals surface area contributed by atoms with E-state index in [-0.39, 0.29) is 16.9 Å². The molecule has 7 heteroatoms. The summed E-state index contributed by atoms with van der Waals surface area (Å²) < 4.78 is 6.91. The Labute approximate surface area is 117 Å². The standard InChI is InChI=1S/C13H11N3O3S/c1-16-12(18)11-10(15-13(16)20-6-9(14)17)7-4-2-3-5-8(7)19-11/h2-5H,6H2,1H3,(H2,14,17). The summed E-state index contributed by atoms with van der Waals surface area (Å²) in [4.78, 5) is 27.5. The Morgan fingerprint density at radius 3 is 2.95 bits per heavy atom. The summed E-state index contributed by atoms with van der Waals surface area (Å²) in [5.41, 5.74) is 6.18. The molecule has 0 atom stereocenters. The quantitative estimate of drug-likeness (QED) is 0.579. The number of benzene rings is 1. The molecule has 3 rings (SSSR count). The second-order valence-corrected chi connectivity index (χ2v) is 5.23. The van der Waals surface area contributed by atoms with Gasteiger partial charge < -0.3 is 10.2 Å². The number of aromatic nitrogens is 2. The van der Waals surface area contributed by atoms with Crippen LogP contribution in [0.15, 0.2) is 38.6 Å². The average molecular weight is 289 g/mol. The van der Waals surface area contributed by atoms with Crippen LogP contribution in [-0.4, -0.2) is 21.2 Å². The van der Waals surface area contributed by atoms with Crippen LogP contribution >= 0.6 is 11.8 Å². The Kier molecular flexibility index (Phi) is 2.98. The fraction of sp³-hybridized carbons (Fsp3) is 0.154. The fourth-order valence-electron chi connectivity index (χ4n) is 1.96. The Morgan fingerprint density at radius 1 is 1.45 bits per heavy atom. The molecule has 0 aliphatic carbocycles. The lowest BCUT2D eigenvalue weighted by Crippen LogP contribution is -2.21. The van der Waals surface area contributed by atoms with E-state index in [1.54, 1.807) is 13.1 Å². The number of carbonyl (C=O) groups is 1. The average Bonchev–Trinajstić information content (AvgIpc) is 2.80. The van der Waals surface area contributed by atoms with E-state index in [9.17, 15) is 9.59 Å². The second kappa shape index (κ2) is 4.68. The summed E-state index contributed by atoms with van der Waals surface area (Å²) in [7, 11) is 1.59. The van der Waals surface area contributed by atoms with Crippen LogP contribution < -0.4 is 11.3 Å². The van der Waals surface area contributed by atoms with Gasteiger partial charge in [0.2, 0.25) is 11.5 Å². The molecule has 0 spiro atoms. The van der Waals surface area contributed by atoms with Gasteiger partial charge in [-0.25, -0.2) is 4.98 Å². The van der Waals surface area contributed by atoms with Crippen LogP contribution in [0, 0.1) is 0 Å². The largest absolute Gasteiger partial charge is 0.448 e. The van der Waals surface area contributed by atoms with Gasteiger partial charge >= 0.3 is 0 Å². The van der Waals surface area contributed by atoms with Crippen molar-refractivity contribution in [3.8, 4) is 0 Å². The van der Waals surface area contributed by atoms with Crippen molar-refractivity contribution in [3.05, 3.63) is 34.6 Å². The molecule has 2 N–H and O–H groups in total. The van der Waals surface area contributed by atoms with Crippen molar-refractivity contribution in [3.63, 3.8) is 0 Å². The highest BCUT2D eigenvalue weighted by Gasteiger charge is 2.16. The summed E-state index contributed by atoms with van der Waals surface area (Å²) in [6, 6.07) is 7.31. The Hall–Kier alpha value is -2.28. The van der Waals surface area contributed by atoms with Gasteiger partial charge in [0.1, 0.15) is 11.1 Å². The summed E-state index contributed by atoms with van der Waals surface area (Å²) in [5, 5.41) is 1.22. The minimum Gasteiger partial charge on any atom is -0.448 e. The first kappa shape index (κ1) is 12.7. The van der Waals surface area contributed by atoms with E-state index in [4.69, 9.17) is 10.2 Å². The SMILES string of the molecule is Cn1c(SCC(N)=O)nc2c(oc3ccccc32)c1=O. The number of thioether (sulfide) groups is 1. The smallest absolute Gasteiger partial charge is 0.297 e. The van der Waals surface area contributed by atoms with Crippen molar-refractivity contribution >= 4 is 39.7 Å². The second-order valence-electron chi connectivity index (χ2n) is 4.29. The fourth-order valence-corrected chi connectivity index (χ4v) is 2.67. The van der Waals surface area contributed by atoms with E-state index >= 15 is 0 Å². The Bertz CT molecular complexity index is 882. The number of nitrogens with two attached hydrogens (primary N) is 1. The van der Waals surface area contributed by atoms with Crippen LogP contribution in [0.5, 0.6) is 0 Å². The molecule has 102 valence electrons. The number of fused-ring (bicyclic) bond motifs is 3. The van der Waals surface area contributed by atoms with Crippen LogP contribution in [0.3, 0.4) is 0 Å². The van der Waals surface area contributed by atoms with Crippen LogP contribution in [0.25, 0.3) is 22.1 Å². The predicted octanol–water partition coefficient (Wildman–Crippen LogP) is 1.26. The molecular weight excluding hydrogens is 278 g/mol. The highest BCUT2D eigenvalue weighted by atomic mass is 32.2. The van der Waals surface area contributed by atoms with Gasteiger partial charge in [-0.05, 0) is 12.1 Å². The van der Waals surface area contributed by atoms with Gasteiger partial charge in [0.25, 0.3) is 5.56 Å². The number of hydrogen-bond acceptors (Lipinski definition) is 5. The van der Waals surface area contributed by atoms with E-state index in [1.165, 1.54) is 4.57 Å². The minimum atomic E-state index is -0.457. The third kappa shape index (κ3) is 1.96. The number of nitrogens with zero attached hydrogens (tertiary/aromatic N) is 2. The first-order chi connectivity index (χ1) is 9.58. The summed E-state index contributed by atoms with van der Waals surface area (Å²) in [5.74, 6) is -0.386. The van der Waals surface area contributed by atoms with Crippen molar-refractivity contribution in [1.29, 1.82) is 0 Å². The molecule has 3 aromatic rings. The Morgan fingerprint density at radius 2 is 2.20 bits per heavy atom. The topological polar surface area (TPSA) is 91.1 Å². The van der Waals surface area contributed by atoms with Gasteiger partial charge in [-0.15, -0.1) is 0 Å². The molecular formula is C13H11N3O3S. The third-order valence-electron chi connectivity index (χ3n) is 2.91. The van der Waals surface area contributed by atoms with Crippen molar-refractivity contribution in [2.75, 3.05) is 5.75 Å². The first-order valence-corrected chi connectivity index (χ1v) is 6.86. The maximum Gasteiger partial charge on any atom is 0.297 e. The molecule has 2 aromatic heterocycles. The number of amides is 1. The zero-order valence-electron chi connectivity index (χ0n) is 10.6. The molecule has 6 nitrogen and oxygen atoms in total. The molecule has 0 saturated heterocycles. The number of hydrogen-bond donors (Lipinski definition) is 1. The molecule has 0 bridgehead atoms. The lowest BCUT2D eigenvalue weighted by molar-refractivity contribution is -0.115. The zero-order chi connectivity index (χ0) is 14.3. The highest BCUT2D eigenvalue weighted by molar-refractivity contribution is 7.99. The third-order valence-corrected chi connectivity index (χ3v) is 3.96. The molecule has 0 aliphatic heterocycles. The Balaban J connectivity index is 2.27. The molecule has 0 fully saturated rings. The summed E-state index contributed by atoms with van der Waals surface area (Å²) in [6.07, 6.45) is 0. The van der Waals surface area contributed by atoms with Gasteiger partial charge in [0.15, 0.2) is 5.16 Å². The van der Waals surface area contributed by atoms with E-state index in [0.717, 1.165) is 17.1 Å². The van der Waals surface area contributed by atoms with Gasteiger partial charge in [-0.2, -0.15) is 0 Å². The summed E-state index contributed by atoms with van der Waals surface area (Å²) in [6.45, 7) is 0. The van der Waals surface area contributed by atoms with Gasteiger partial charge in [0, 0.05) is 12.4 Å². The maximum atomic E-state index is 12.3. The number of carbonyl (C=O) groups excluding carboxylic acids is 1. The first-order valence-electron chi connectivity index (χ1n) is 5.87. The number of rotatable bonds is 3. The molecule has 0 radical (unpaired) electrons. The van der Waals surface area contributed by atoms with Crippen LogP contribution in [0.2, 0.25) is 0 Å². The normalized spacial score (nSPS) is 11.2. The predicted molar refractivity (Wildman–Crippen MR) is 76.7 cm³/mol. The van der Waals surface area contributed by atoms with Crippen molar-refractivity contribution in [2.45, 2.75) is 5.16 Å². The van der Waals surface area contributed by atoms with Crippen molar-refractivity contribution < 1.29 is 9.21 Å². The monoisotopic (exact) mass is 289 g/mol. The molecule has 1 amide bonds. The maximum absolute atomic E-state index is 12.3. The zero-order valence-corrected chi connectivity index (χ0v) is 11.4. The molecule has 0 aliphatic rings. The van der Waals surface area contributed by atoms with E-state index in [1.807, 2.05) is 18.2 Å². The highest BCUT2D eigenvalue weighted by Crippen LogP contribution is 2.26. The van der Waals surface area contributed by atoms with Gasteiger partial charge in [-0.1, -0.05) is 23.9 Å². The molecule has 1 aromatic carbocycles. The minimum absolute atomic E-state index is 0.0710. The molecule has 2 heterocycles. The lowest BCUT2D eigenvalue weighted by atomic mass is 10.2. The van der Waals surface area contributed by atoms with Crippen LogP contribution in [-0.2, 0) is 11.8 Å². The van der Waals surface area contributed by atoms with E-state index < -0.39 is 5.91 Å². The molecule has 0 unspecified atom stereocenters. The number of primary amides is 1. The van der Waals surface area contributed by atoms with E-state index in [0.29, 0.717) is 16.3 Å². The van der Waals surface area contributed by atoms with Gasteiger partial charge in [-0.3, -0.25) is 14.2 Å². The summed E-state index contributed by atoms with van der Waals surface area (Å²) >= 11 is 1.13. The van der Waals surface area contributed by atoms with Gasteiger partial charge in [0.05, 0.1) is 5.75 Å². The van der Waals surface area contributed by atoms with E-state index in [2.05, 4.69) is 4.98 Å². The van der Waals surface area contributed by atoms with Crippen molar-refractivity contribution in [1.82, 2.24) is 9.55 Å². The molecule has 0 saturated carbocycles. The van der Waals surface area contributed by atoms with Crippen LogP contribution in [0.4, 0.5) is 0 Å². The number of para-hydroxylation sites is 1. The van der Waals surface area contributed by atoms with Crippen LogP contribution in [0.1, 0.15) is 0 Å².